The van der Waals surface area contributed by atoms with Crippen LogP contribution in [0.3, 0.4) is 0 Å². The van der Waals surface area contributed by atoms with Crippen LogP contribution in [0.25, 0.3) is 0 Å². The second-order valence-corrected chi connectivity index (χ2v) is 6.02. The Hall–Kier alpha value is -0.410. The van der Waals surface area contributed by atoms with E-state index in [1.807, 2.05) is 6.92 Å². The van der Waals surface area contributed by atoms with E-state index in [4.69, 9.17) is 14.4 Å². The van der Waals surface area contributed by atoms with Crippen molar-refractivity contribution in [2.75, 3.05) is 12.4 Å². The molecule has 0 saturated heterocycles. The summed E-state index contributed by atoms with van der Waals surface area (Å²) in [7, 11) is -3.74. The van der Waals surface area contributed by atoms with Gasteiger partial charge in [0.25, 0.3) is 10.1 Å². The van der Waals surface area contributed by atoms with E-state index in [9.17, 15) is 18.0 Å². The normalized spacial score (nSPS) is 11.8. The van der Waals surface area contributed by atoms with Crippen LogP contribution in [0.4, 0.5) is 0 Å². The number of carboxylic acids is 1. The molecule has 1 unspecified atom stereocenters. The maximum absolute atomic E-state index is 10.9. The largest absolute Gasteiger partial charge is 1.00 e. The van der Waals surface area contributed by atoms with Crippen molar-refractivity contribution < 1.29 is 62.0 Å². The monoisotopic (exact) mass is 360 g/mol. The third-order valence-corrected chi connectivity index (χ3v) is 3.19. The van der Waals surface area contributed by atoms with E-state index in [2.05, 4.69) is 6.92 Å². The number of aliphatic carboxylic acids is 1. The van der Waals surface area contributed by atoms with Crippen molar-refractivity contribution in [2.24, 2.45) is 5.92 Å². The minimum absolute atomic E-state index is 0. The molecule has 0 aromatic rings. The summed E-state index contributed by atoms with van der Waals surface area (Å²) < 4.78 is 32.2. The fourth-order valence-electron chi connectivity index (χ4n) is 1.28. The Balaban J connectivity index is -0.000000425. The molecule has 0 fully saturated rings. The van der Waals surface area contributed by atoms with Gasteiger partial charge in [-0.25, -0.2) is 4.79 Å². The van der Waals surface area contributed by atoms with Crippen LogP contribution >= 0.6 is 0 Å². The Kier molecular flexibility index (Phi) is 19.6. The van der Waals surface area contributed by atoms with Crippen LogP contribution in [-0.4, -0.2) is 42.4 Å². The molecule has 0 aliphatic rings. The molecule has 0 aliphatic heterocycles. The van der Waals surface area contributed by atoms with Crippen LogP contribution in [0.15, 0.2) is 12.2 Å². The van der Waals surface area contributed by atoms with Gasteiger partial charge in [-0.05, 0) is 13.3 Å². The fraction of sp³-hybridized carbons (Fsp3) is 0.643. The van der Waals surface area contributed by atoms with Crippen molar-refractivity contribution in [3.63, 3.8) is 0 Å². The molecule has 0 radical (unpaired) electrons. The first-order valence-electron chi connectivity index (χ1n) is 6.94. The zero-order chi connectivity index (χ0) is 17.6. The van der Waals surface area contributed by atoms with Crippen LogP contribution in [-0.2, 0) is 24.4 Å². The zero-order valence-corrected chi connectivity index (χ0v) is 16.8. The first kappa shape index (κ1) is 27.4. The van der Waals surface area contributed by atoms with Crippen molar-refractivity contribution in [2.45, 2.75) is 39.5 Å². The van der Waals surface area contributed by atoms with Crippen LogP contribution < -0.4 is 29.6 Å². The minimum atomic E-state index is -3.74. The standard InChI is InChI=1S/C11H18O4.C3H7O3S.Na/c1-3-5-7-9(11(13)14)8-15-10(12)6-4-2;1-2-3-7(4,5)6;/h4,6,9H,3,5,7-8H2,1-2H3,(H,13,14);1-3H2,(H,4,5,6);/q;-1;+1. The van der Waals surface area contributed by atoms with Gasteiger partial charge in [-0.15, -0.1) is 0 Å². The van der Waals surface area contributed by atoms with E-state index >= 15 is 0 Å². The van der Waals surface area contributed by atoms with Gasteiger partial charge in [-0.3, -0.25) is 9.35 Å². The molecule has 0 spiro atoms. The fourth-order valence-corrected chi connectivity index (χ4v) is 1.64. The summed E-state index contributed by atoms with van der Waals surface area (Å²) in [6, 6.07) is 0. The molecular formula is C14H25NaO7S. The molecule has 9 heteroatoms. The first-order chi connectivity index (χ1) is 10.2. The summed E-state index contributed by atoms with van der Waals surface area (Å²) in [4.78, 5) is 21.7. The topological polar surface area (TPSA) is 118 Å². The maximum Gasteiger partial charge on any atom is 1.00 e. The van der Waals surface area contributed by atoms with Crippen LogP contribution in [0, 0.1) is 12.8 Å². The minimum Gasteiger partial charge on any atom is -0.481 e. The van der Waals surface area contributed by atoms with Gasteiger partial charge >= 0.3 is 41.5 Å². The Morgan fingerprint density at radius 2 is 1.91 bits per heavy atom. The van der Waals surface area contributed by atoms with E-state index in [1.165, 1.54) is 6.08 Å². The summed E-state index contributed by atoms with van der Waals surface area (Å²) in [6.07, 6.45) is 5.38. The average molecular weight is 360 g/mol. The summed E-state index contributed by atoms with van der Waals surface area (Å²) >= 11 is 0. The van der Waals surface area contributed by atoms with Crippen molar-refractivity contribution in [1.82, 2.24) is 0 Å². The molecule has 0 aromatic carbocycles. The molecule has 0 bridgehead atoms. The molecule has 0 aromatic heterocycles. The van der Waals surface area contributed by atoms with Crippen LogP contribution in [0.1, 0.15) is 39.5 Å². The zero-order valence-electron chi connectivity index (χ0n) is 14.0. The molecule has 7 nitrogen and oxygen atoms in total. The molecule has 0 heterocycles. The summed E-state index contributed by atoms with van der Waals surface area (Å²) in [5, 5.41) is 8.83. The molecule has 0 aliphatic carbocycles. The Morgan fingerprint density at radius 3 is 2.22 bits per heavy atom. The number of hydrogen-bond donors (Lipinski definition) is 2. The third kappa shape index (κ3) is 21.6. The molecule has 0 amide bonds. The van der Waals surface area contributed by atoms with Crippen molar-refractivity contribution >= 4 is 22.1 Å². The molecule has 0 rings (SSSR count). The number of carbonyl (C=O) groups is 2. The maximum atomic E-state index is 10.9. The SMILES string of the molecule is CC=CC(=O)OCC(CCCC)C(=O)O.[CH2-]CCS(=O)(=O)O.[Na+]. The predicted molar refractivity (Wildman–Crippen MR) is 82.8 cm³/mol. The van der Waals surface area contributed by atoms with E-state index in [0.717, 1.165) is 12.8 Å². The van der Waals surface area contributed by atoms with Crippen molar-refractivity contribution in [1.29, 1.82) is 0 Å². The van der Waals surface area contributed by atoms with Gasteiger partial charge in [0.2, 0.25) is 0 Å². The van der Waals surface area contributed by atoms with Gasteiger partial charge < -0.3 is 16.8 Å². The second-order valence-electron chi connectivity index (χ2n) is 4.45. The van der Waals surface area contributed by atoms with Crippen LogP contribution in [0.2, 0.25) is 0 Å². The summed E-state index contributed by atoms with van der Waals surface area (Å²) in [5.41, 5.74) is 0. The number of rotatable bonds is 9. The molecule has 1 atom stereocenters. The molecule has 23 heavy (non-hydrogen) atoms. The first-order valence-corrected chi connectivity index (χ1v) is 8.55. The van der Waals surface area contributed by atoms with Crippen molar-refractivity contribution in [3.8, 4) is 0 Å². The number of ether oxygens (including phenoxy) is 1. The van der Waals surface area contributed by atoms with Gasteiger partial charge in [0.05, 0.1) is 5.92 Å². The van der Waals surface area contributed by atoms with Gasteiger partial charge in [0.1, 0.15) is 6.61 Å². The third-order valence-electron chi connectivity index (χ3n) is 2.39. The second kappa shape index (κ2) is 16.4. The predicted octanol–water partition coefficient (Wildman–Crippen LogP) is -0.901. The van der Waals surface area contributed by atoms with E-state index in [-0.39, 0.29) is 48.3 Å². The molecule has 130 valence electrons. The van der Waals surface area contributed by atoms with Gasteiger partial charge in [-0.2, -0.15) is 14.8 Å². The van der Waals surface area contributed by atoms with Crippen LogP contribution in [0.5, 0.6) is 0 Å². The van der Waals surface area contributed by atoms with Gasteiger partial charge in [0.15, 0.2) is 0 Å². The quantitative estimate of drug-likeness (QED) is 0.180. The number of esters is 1. The summed E-state index contributed by atoms with van der Waals surface area (Å²) in [5.74, 6) is -2.22. The Bertz CT molecular complexity index is 446. The average Bonchev–Trinajstić information content (AvgIpc) is 2.38. The smallest absolute Gasteiger partial charge is 0.481 e. The number of allylic oxidation sites excluding steroid dienone is 1. The number of unbranched alkanes of at least 4 members (excludes halogenated alkanes) is 1. The van der Waals surface area contributed by atoms with E-state index in [1.54, 1.807) is 13.0 Å². The summed E-state index contributed by atoms with van der Waals surface area (Å²) in [6.45, 7) is 6.88. The number of carbonyl (C=O) groups excluding carboxylic acids is 1. The number of carboxylic acid groups (broad SMARTS) is 1. The van der Waals surface area contributed by atoms with Gasteiger partial charge in [-0.1, -0.05) is 25.8 Å². The van der Waals surface area contributed by atoms with Crippen molar-refractivity contribution in [3.05, 3.63) is 19.1 Å². The molecule has 0 saturated carbocycles. The number of hydrogen-bond acceptors (Lipinski definition) is 5. The Morgan fingerprint density at radius 1 is 1.35 bits per heavy atom. The Labute approximate surface area is 160 Å². The van der Waals surface area contributed by atoms with E-state index < -0.39 is 28.0 Å². The molecule has 2 N–H and O–H groups in total. The van der Waals surface area contributed by atoms with E-state index in [0.29, 0.717) is 6.42 Å². The molecular weight excluding hydrogens is 335 g/mol. The van der Waals surface area contributed by atoms with Gasteiger partial charge in [0, 0.05) is 11.8 Å².